The molecule has 0 atom stereocenters. The highest BCUT2D eigenvalue weighted by molar-refractivity contribution is 7.99. The number of benzene rings is 2. The van der Waals surface area contributed by atoms with Crippen LogP contribution in [0.4, 0.5) is 0 Å². The smallest absolute Gasteiger partial charge is 0.208 e. The number of nitrogens with zero attached hydrogens (tertiary/aromatic N) is 2. The fraction of sp³-hybridized carbons (Fsp3) is 0.333. The van der Waals surface area contributed by atoms with Crippen LogP contribution in [0.2, 0.25) is 0 Å². The summed E-state index contributed by atoms with van der Waals surface area (Å²) < 4.78 is 0. The van der Waals surface area contributed by atoms with Crippen LogP contribution in [-0.2, 0) is 0 Å². The lowest BCUT2D eigenvalue weighted by atomic mass is 9.84. The molecule has 158 valence electrons. The van der Waals surface area contributed by atoms with Crippen molar-refractivity contribution >= 4 is 23.3 Å². The molecule has 1 N–H and O–H groups in total. The van der Waals surface area contributed by atoms with Gasteiger partial charge in [0, 0.05) is 28.0 Å². The third-order valence-corrected chi connectivity index (χ3v) is 5.40. The van der Waals surface area contributed by atoms with Crippen molar-refractivity contribution in [3.63, 3.8) is 0 Å². The predicted octanol–water partition coefficient (Wildman–Crippen LogP) is 5.88. The number of aromatic amines is 1. The number of H-pyrrole nitrogens is 1. The maximum atomic E-state index is 12.1. The maximum absolute atomic E-state index is 12.1. The fourth-order valence-corrected chi connectivity index (χ4v) is 3.33. The summed E-state index contributed by atoms with van der Waals surface area (Å²) in [7, 11) is 0. The first-order chi connectivity index (χ1) is 14.5. The molecule has 1 aromatic heterocycles. The predicted molar refractivity (Wildman–Crippen MR) is 122 cm³/mol. The van der Waals surface area contributed by atoms with E-state index in [0.29, 0.717) is 22.3 Å². The Labute approximate surface area is 182 Å². The Morgan fingerprint density at radius 3 is 1.50 bits per heavy atom. The number of hydrogen-bond acceptors (Lipinski definition) is 5. The molecule has 0 fully saturated rings. The number of aromatic nitrogens is 3. The van der Waals surface area contributed by atoms with Gasteiger partial charge in [-0.2, -0.15) is 0 Å². The zero-order valence-electron chi connectivity index (χ0n) is 18.1. The molecule has 30 heavy (non-hydrogen) atoms. The van der Waals surface area contributed by atoms with E-state index < -0.39 is 0 Å². The first kappa shape index (κ1) is 23.5. The average Bonchev–Trinajstić information content (AvgIpc) is 3.21. The molecular formula is C24H29N3O2S. The molecule has 1 aliphatic carbocycles. The van der Waals surface area contributed by atoms with Gasteiger partial charge in [-0.3, -0.25) is 14.7 Å². The Hall–Kier alpha value is -2.73. The van der Waals surface area contributed by atoms with Crippen molar-refractivity contribution in [2.45, 2.75) is 52.1 Å². The number of ketones is 2. The molecule has 0 spiro atoms. The second kappa shape index (κ2) is 12.1. The van der Waals surface area contributed by atoms with Crippen LogP contribution in [0.3, 0.4) is 0 Å². The number of rotatable bonds is 4. The Bertz CT molecular complexity index is 874. The van der Waals surface area contributed by atoms with Gasteiger partial charge in [0.1, 0.15) is 5.82 Å². The van der Waals surface area contributed by atoms with Gasteiger partial charge >= 0.3 is 0 Å². The molecule has 6 heteroatoms. The zero-order chi connectivity index (χ0) is 21.9. The summed E-state index contributed by atoms with van der Waals surface area (Å²) in [5.41, 5.74) is 2.02. The molecule has 0 bridgehead atoms. The quantitative estimate of drug-likeness (QED) is 0.415. The molecule has 0 saturated carbocycles. The molecule has 4 rings (SSSR count). The monoisotopic (exact) mass is 423 g/mol. The summed E-state index contributed by atoms with van der Waals surface area (Å²) in [5, 5.41) is 7.64. The van der Waals surface area contributed by atoms with Crippen molar-refractivity contribution in [1.29, 1.82) is 0 Å². The van der Waals surface area contributed by atoms with E-state index in [0.717, 1.165) is 23.2 Å². The Morgan fingerprint density at radius 2 is 1.20 bits per heavy atom. The highest BCUT2D eigenvalue weighted by Crippen LogP contribution is 2.26. The van der Waals surface area contributed by atoms with E-state index in [9.17, 15) is 9.59 Å². The van der Waals surface area contributed by atoms with Crippen molar-refractivity contribution in [2.24, 2.45) is 0 Å². The average molecular weight is 424 g/mol. The minimum atomic E-state index is -0.0641. The number of nitrogens with one attached hydrogen (secondary N) is 1. The largest absolute Gasteiger partial charge is 0.289 e. The standard InChI is InChI=1S/C14H8O2.C6H11N3S.C4H10/c15-13-9-5-1-2-6-10(9)14(16)12-8-4-3-7-11(12)13;1-3-4-10-6-7-5(2)8-9-6;1-3-4-2/h1-8H;3-4H2,1-2H3,(H,7,8,9);3-4H2,1-2H3. The van der Waals surface area contributed by atoms with Gasteiger partial charge in [0.25, 0.3) is 0 Å². The van der Waals surface area contributed by atoms with E-state index >= 15 is 0 Å². The Kier molecular flexibility index (Phi) is 9.48. The van der Waals surface area contributed by atoms with Crippen LogP contribution < -0.4 is 0 Å². The van der Waals surface area contributed by atoms with E-state index in [1.807, 2.05) is 6.92 Å². The van der Waals surface area contributed by atoms with Crippen LogP contribution in [0.5, 0.6) is 0 Å². The van der Waals surface area contributed by atoms with Crippen molar-refractivity contribution in [1.82, 2.24) is 15.2 Å². The van der Waals surface area contributed by atoms with Gasteiger partial charge in [-0.15, -0.1) is 5.10 Å². The molecule has 1 heterocycles. The maximum Gasteiger partial charge on any atom is 0.208 e. The van der Waals surface area contributed by atoms with Crippen LogP contribution in [0, 0.1) is 6.92 Å². The second-order valence-electron chi connectivity index (χ2n) is 6.80. The Balaban J connectivity index is 0.000000196. The highest BCUT2D eigenvalue weighted by Gasteiger charge is 2.28. The summed E-state index contributed by atoms with van der Waals surface area (Å²) in [4.78, 5) is 28.3. The number of fused-ring (bicyclic) bond motifs is 2. The summed E-state index contributed by atoms with van der Waals surface area (Å²) >= 11 is 1.69. The molecule has 5 nitrogen and oxygen atoms in total. The minimum absolute atomic E-state index is 0.0641. The Morgan fingerprint density at radius 1 is 0.767 bits per heavy atom. The van der Waals surface area contributed by atoms with Crippen molar-refractivity contribution < 1.29 is 9.59 Å². The summed E-state index contributed by atoms with van der Waals surface area (Å²) in [6, 6.07) is 13.9. The van der Waals surface area contributed by atoms with Gasteiger partial charge < -0.3 is 0 Å². The van der Waals surface area contributed by atoms with Crippen LogP contribution in [-0.4, -0.2) is 32.5 Å². The van der Waals surface area contributed by atoms with Crippen molar-refractivity contribution in [3.8, 4) is 0 Å². The third kappa shape index (κ3) is 6.13. The minimum Gasteiger partial charge on any atom is -0.289 e. The molecule has 3 aromatic rings. The van der Waals surface area contributed by atoms with Crippen LogP contribution in [0.1, 0.15) is 77.7 Å². The number of aryl methyl sites for hydroxylation is 1. The number of thioether (sulfide) groups is 1. The van der Waals surface area contributed by atoms with Crippen LogP contribution >= 0.6 is 11.8 Å². The molecule has 0 unspecified atom stereocenters. The highest BCUT2D eigenvalue weighted by atomic mass is 32.2. The van der Waals surface area contributed by atoms with Gasteiger partial charge in [0.05, 0.1) is 0 Å². The molecule has 0 radical (unpaired) electrons. The van der Waals surface area contributed by atoms with Gasteiger partial charge in [-0.1, -0.05) is 93.9 Å². The topological polar surface area (TPSA) is 75.7 Å². The van der Waals surface area contributed by atoms with Crippen LogP contribution in [0.15, 0.2) is 53.7 Å². The first-order valence-electron chi connectivity index (χ1n) is 10.3. The van der Waals surface area contributed by atoms with Gasteiger partial charge in [-0.05, 0) is 13.3 Å². The summed E-state index contributed by atoms with van der Waals surface area (Å²) in [6.45, 7) is 8.41. The zero-order valence-corrected chi connectivity index (χ0v) is 18.9. The van der Waals surface area contributed by atoms with Crippen LogP contribution in [0.25, 0.3) is 0 Å². The molecule has 1 aliphatic rings. The molecular weight excluding hydrogens is 394 g/mol. The number of carbonyl (C=O) groups is 2. The lowest BCUT2D eigenvalue weighted by molar-refractivity contribution is 0.0979. The first-order valence-corrected chi connectivity index (χ1v) is 11.3. The van der Waals surface area contributed by atoms with E-state index in [1.54, 1.807) is 60.3 Å². The van der Waals surface area contributed by atoms with E-state index in [1.165, 1.54) is 12.8 Å². The van der Waals surface area contributed by atoms with E-state index in [-0.39, 0.29) is 11.6 Å². The fourth-order valence-electron chi connectivity index (χ4n) is 2.63. The SMILES string of the molecule is CCCC.CCCSc1n[nH]c(C)n1.O=C1c2ccccc2C(=O)c2ccccc21. The normalized spacial score (nSPS) is 11.5. The van der Waals surface area contributed by atoms with E-state index in [4.69, 9.17) is 0 Å². The number of unbranched alkanes of at least 4 members (excludes halogenated alkanes) is 1. The van der Waals surface area contributed by atoms with Gasteiger partial charge in [0.15, 0.2) is 11.6 Å². The van der Waals surface area contributed by atoms with Crippen molar-refractivity contribution in [3.05, 3.63) is 76.6 Å². The second-order valence-corrected chi connectivity index (χ2v) is 7.86. The lowest BCUT2D eigenvalue weighted by Crippen LogP contribution is -2.20. The molecule has 0 saturated heterocycles. The summed E-state index contributed by atoms with van der Waals surface area (Å²) in [6.07, 6.45) is 3.80. The van der Waals surface area contributed by atoms with E-state index in [2.05, 4.69) is 36.0 Å². The third-order valence-electron chi connectivity index (χ3n) is 4.34. The van der Waals surface area contributed by atoms with Crippen molar-refractivity contribution in [2.75, 3.05) is 5.75 Å². The molecule has 2 aromatic carbocycles. The number of hydrogen-bond donors (Lipinski definition) is 1. The van der Waals surface area contributed by atoms with Gasteiger partial charge in [-0.25, -0.2) is 4.98 Å². The molecule has 0 aliphatic heterocycles. The lowest BCUT2D eigenvalue weighted by Gasteiger charge is -2.16. The molecule has 0 amide bonds. The number of carbonyl (C=O) groups excluding carboxylic acids is 2. The summed E-state index contributed by atoms with van der Waals surface area (Å²) in [5.74, 6) is 1.85. The van der Waals surface area contributed by atoms with Gasteiger partial charge in [0.2, 0.25) is 5.16 Å².